The van der Waals surface area contributed by atoms with Gasteiger partial charge < -0.3 is 10.6 Å². The standard InChI is InChI=1S/C13H21ClN2/c1-13(2,3)9-16(4)8-10-11(14)6-5-7-12(10)15/h5-7H,8-9,15H2,1-4H3. The molecular formula is C13H21ClN2. The first kappa shape index (κ1) is 13.3. The molecule has 1 rings (SSSR count). The first-order valence-electron chi connectivity index (χ1n) is 5.51. The van der Waals surface area contributed by atoms with Gasteiger partial charge >= 0.3 is 0 Å². The molecule has 0 unspecified atom stereocenters. The number of hydrogen-bond donors (Lipinski definition) is 1. The Kier molecular flexibility index (Phi) is 4.22. The zero-order chi connectivity index (χ0) is 12.3. The Hall–Kier alpha value is -0.730. The SMILES string of the molecule is CN(Cc1c(N)cccc1Cl)CC(C)(C)C. The van der Waals surface area contributed by atoms with Gasteiger partial charge in [0.2, 0.25) is 0 Å². The van der Waals surface area contributed by atoms with Crippen molar-refractivity contribution in [1.29, 1.82) is 0 Å². The number of benzene rings is 1. The molecule has 0 aliphatic carbocycles. The number of rotatable bonds is 3. The Bertz CT molecular complexity index is 335. The van der Waals surface area contributed by atoms with Crippen LogP contribution in [0.25, 0.3) is 0 Å². The van der Waals surface area contributed by atoms with E-state index in [-0.39, 0.29) is 5.41 Å². The van der Waals surface area contributed by atoms with Gasteiger partial charge in [0.05, 0.1) is 0 Å². The zero-order valence-electron chi connectivity index (χ0n) is 10.5. The summed E-state index contributed by atoms with van der Waals surface area (Å²) in [5, 5.41) is 0.751. The monoisotopic (exact) mass is 240 g/mol. The van der Waals surface area contributed by atoms with Gasteiger partial charge in [-0.15, -0.1) is 0 Å². The van der Waals surface area contributed by atoms with Gasteiger partial charge in [-0.05, 0) is 24.6 Å². The van der Waals surface area contributed by atoms with Gasteiger partial charge in [0.25, 0.3) is 0 Å². The lowest BCUT2D eigenvalue weighted by molar-refractivity contribution is 0.221. The highest BCUT2D eigenvalue weighted by atomic mass is 35.5. The Morgan fingerprint density at radius 1 is 1.31 bits per heavy atom. The van der Waals surface area contributed by atoms with Gasteiger partial charge in [0.15, 0.2) is 0 Å². The topological polar surface area (TPSA) is 29.3 Å². The van der Waals surface area contributed by atoms with Gasteiger partial charge in [-0.25, -0.2) is 0 Å². The van der Waals surface area contributed by atoms with E-state index in [0.29, 0.717) is 0 Å². The van der Waals surface area contributed by atoms with Crippen LogP contribution in [0.2, 0.25) is 5.02 Å². The quantitative estimate of drug-likeness (QED) is 0.821. The fourth-order valence-electron chi connectivity index (χ4n) is 1.88. The Morgan fingerprint density at radius 3 is 2.44 bits per heavy atom. The van der Waals surface area contributed by atoms with E-state index in [4.69, 9.17) is 17.3 Å². The summed E-state index contributed by atoms with van der Waals surface area (Å²) in [6.45, 7) is 8.47. The average Bonchev–Trinajstić information content (AvgIpc) is 2.08. The second-order valence-electron chi connectivity index (χ2n) is 5.54. The fraction of sp³-hybridized carbons (Fsp3) is 0.538. The lowest BCUT2D eigenvalue weighted by atomic mass is 9.96. The van der Waals surface area contributed by atoms with Crippen LogP contribution in [0.5, 0.6) is 0 Å². The highest BCUT2D eigenvalue weighted by Gasteiger charge is 2.15. The van der Waals surface area contributed by atoms with E-state index in [0.717, 1.165) is 29.4 Å². The Morgan fingerprint density at radius 2 is 1.94 bits per heavy atom. The molecule has 0 radical (unpaired) electrons. The molecule has 0 fully saturated rings. The van der Waals surface area contributed by atoms with E-state index in [1.54, 1.807) is 0 Å². The molecule has 3 heteroatoms. The summed E-state index contributed by atoms with van der Waals surface area (Å²) < 4.78 is 0. The molecular weight excluding hydrogens is 220 g/mol. The van der Waals surface area contributed by atoms with Gasteiger partial charge in [0, 0.05) is 29.4 Å². The molecule has 90 valence electrons. The normalized spacial score (nSPS) is 12.1. The van der Waals surface area contributed by atoms with Crippen molar-refractivity contribution in [3.05, 3.63) is 28.8 Å². The molecule has 0 amide bonds. The molecule has 16 heavy (non-hydrogen) atoms. The van der Waals surface area contributed by atoms with Crippen molar-refractivity contribution in [2.24, 2.45) is 5.41 Å². The molecule has 0 bridgehead atoms. The maximum atomic E-state index is 6.14. The minimum absolute atomic E-state index is 0.283. The molecule has 1 aromatic rings. The van der Waals surface area contributed by atoms with Gasteiger partial charge in [0.1, 0.15) is 0 Å². The second-order valence-corrected chi connectivity index (χ2v) is 5.95. The maximum Gasteiger partial charge on any atom is 0.0471 e. The summed E-state index contributed by atoms with van der Waals surface area (Å²) in [6, 6.07) is 5.66. The van der Waals surface area contributed by atoms with Gasteiger partial charge in [-0.2, -0.15) is 0 Å². The number of halogens is 1. The molecule has 0 heterocycles. The number of nitrogen functional groups attached to an aromatic ring is 1. The van der Waals surface area contributed by atoms with Crippen LogP contribution in [0.4, 0.5) is 5.69 Å². The molecule has 2 N–H and O–H groups in total. The van der Waals surface area contributed by atoms with Crippen LogP contribution >= 0.6 is 11.6 Å². The van der Waals surface area contributed by atoms with Crippen LogP contribution in [-0.2, 0) is 6.54 Å². The molecule has 1 aromatic carbocycles. The van der Waals surface area contributed by atoms with Crippen molar-refractivity contribution in [2.75, 3.05) is 19.3 Å². The highest BCUT2D eigenvalue weighted by Crippen LogP contribution is 2.24. The smallest absolute Gasteiger partial charge is 0.0471 e. The summed E-state index contributed by atoms with van der Waals surface area (Å²) >= 11 is 6.14. The van der Waals surface area contributed by atoms with E-state index < -0.39 is 0 Å². The van der Waals surface area contributed by atoms with Crippen molar-refractivity contribution in [2.45, 2.75) is 27.3 Å². The largest absolute Gasteiger partial charge is 0.398 e. The minimum atomic E-state index is 0.283. The molecule has 0 atom stereocenters. The first-order chi connectivity index (χ1) is 7.29. The molecule has 0 saturated heterocycles. The average molecular weight is 241 g/mol. The van der Waals surface area contributed by atoms with Crippen LogP contribution in [-0.4, -0.2) is 18.5 Å². The second kappa shape index (κ2) is 5.07. The predicted octanol–water partition coefficient (Wildman–Crippen LogP) is 3.40. The number of anilines is 1. The van der Waals surface area contributed by atoms with Crippen molar-refractivity contribution in [1.82, 2.24) is 4.90 Å². The summed E-state index contributed by atoms with van der Waals surface area (Å²) in [6.07, 6.45) is 0. The van der Waals surface area contributed by atoms with Crippen LogP contribution < -0.4 is 5.73 Å². The van der Waals surface area contributed by atoms with Gasteiger partial charge in [-0.3, -0.25) is 0 Å². The van der Waals surface area contributed by atoms with E-state index in [1.165, 1.54) is 0 Å². The third kappa shape index (κ3) is 4.03. The maximum absolute atomic E-state index is 6.14. The Labute approximate surface area is 103 Å². The third-order valence-corrected chi connectivity index (χ3v) is 2.68. The molecule has 0 aliphatic heterocycles. The number of hydrogen-bond acceptors (Lipinski definition) is 2. The number of nitrogens with zero attached hydrogens (tertiary/aromatic N) is 1. The summed E-state index contributed by atoms with van der Waals surface area (Å²) in [4.78, 5) is 2.25. The van der Waals surface area contributed by atoms with Crippen LogP contribution in [0.15, 0.2) is 18.2 Å². The van der Waals surface area contributed by atoms with Crippen LogP contribution in [0.1, 0.15) is 26.3 Å². The summed E-state index contributed by atoms with van der Waals surface area (Å²) in [5.74, 6) is 0. The van der Waals surface area contributed by atoms with E-state index in [2.05, 4.69) is 32.7 Å². The van der Waals surface area contributed by atoms with E-state index in [9.17, 15) is 0 Å². The molecule has 0 aromatic heterocycles. The van der Waals surface area contributed by atoms with E-state index in [1.807, 2.05) is 18.2 Å². The van der Waals surface area contributed by atoms with Gasteiger partial charge in [-0.1, -0.05) is 38.4 Å². The van der Waals surface area contributed by atoms with Crippen molar-refractivity contribution >= 4 is 17.3 Å². The van der Waals surface area contributed by atoms with Crippen LogP contribution in [0.3, 0.4) is 0 Å². The van der Waals surface area contributed by atoms with Crippen molar-refractivity contribution in [3.8, 4) is 0 Å². The number of nitrogens with two attached hydrogens (primary N) is 1. The molecule has 0 spiro atoms. The lowest BCUT2D eigenvalue weighted by Gasteiger charge is -2.27. The molecule has 0 aliphatic rings. The zero-order valence-corrected chi connectivity index (χ0v) is 11.3. The first-order valence-corrected chi connectivity index (χ1v) is 5.89. The summed E-state index contributed by atoms with van der Waals surface area (Å²) in [7, 11) is 2.09. The van der Waals surface area contributed by atoms with Crippen molar-refractivity contribution < 1.29 is 0 Å². The Balaban J connectivity index is 2.73. The van der Waals surface area contributed by atoms with Crippen molar-refractivity contribution in [3.63, 3.8) is 0 Å². The fourth-order valence-corrected chi connectivity index (χ4v) is 2.12. The predicted molar refractivity (Wildman–Crippen MR) is 71.7 cm³/mol. The summed E-state index contributed by atoms with van der Waals surface area (Å²) in [5.41, 5.74) is 8.00. The molecule has 2 nitrogen and oxygen atoms in total. The highest BCUT2D eigenvalue weighted by molar-refractivity contribution is 6.31. The third-order valence-electron chi connectivity index (χ3n) is 2.33. The minimum Gasteiger partial charge on any atom is -0.398 e. The van der Waals surface area contributed by atoms with Crippen LogP contribution in [0, 0.1) is 5.41 Å². The molecule has 0 saturated carbocycles. The van der Waals surface area contributed by atoms with E-state index >= 15 is 0 Å². The lowest BCUT2D eigenvalue weighted by Crippen LogP contribution is -2.29.